The van der Waals surface area contributed by atoms with Crippen LogP contribution in [0.15, 0.2) is 48.5 Å². The third-order valence-corrected chi connectivity index (χ3v) is 4.26. The number of amides is 1. The molecular weight excluding hydrogens is 428 g/mol. The van der Waals surface area contributed by atoms with Gasteiger partial charge >= 0.3 is 18.3 Å². The van der Waals surface area contributed by atoms with E-state index >= 15 is 0 Å². The first-order chi connectivity index (χ1) is 14.5. The summed E-state index contributed by atoms with van der Waals surface area (Å²) in [6.07, 6.45) is -10.8. The Morgan fingerprint density at radius 3 is 2.35 bits per heavy atom. The first-order valence-electron chi connectivity index (χ1n) is 9.10. The molecule has 0 aliphatic rings. The van der Waals surface area contributed by atoms with Crippen LogP contribution in [0.5, 0.6) is 5.75 Å². The van der Waals surface area contributed by atoms with E-state index in [1.807, 2.05) is 0 Å². The first kappa shape index (κ1) is 22.4. The molecule has 0 unspecified atom stereocenters. The number of rotatable bonds is 7. The number of hydrogen-bond acceptors (Lipinski definition) is 3. The normalized spacial score (nSPS) is 12.2. The Hall–Kier alpha value is -3.24. The summed E-state index contributed by atoms with van der Waals surface area (Å²) in [6.45, 7) is -0.969. The van der Waals surface area contributed by atoms with Crippen molar-refractivity contribution in [2.75, 3.05) is 13.2 Å². The Bertz CT molecular complexity index is 1030. The van der Waals surface area contributed by atoms with E-state index in [9.17, 15) is 31.1 Å². The number of carbonyl (C=O) groups excluding carboxylic acids is 1. The molecule has 3 aromatic rings. The molecule has 1 N–H and O–H groups in total. The zero-order chi connectivity index (χ0) is 22.6. The lowest BCUT2D eigenvalue weighted by molar-refractivity contribution is -0.186. The van der Waals surface area contributed by atoms with Crippen molar-refractivity contribution in [1.82, 2.24) is 14.9 Å². The van der Waals surface area contributed by atoms with Crippen LogP contribution in [0, 0.1) is 0 Å². The predicted molar refractivity (Wildman–Crippen MR) is 99.3 cm³/mol. The van der Waals surface area contributed by atoms with E-state index in [1.54, 1.807) is 30.3 Å². The Balaban J connectivity index is 1.72. The molecule has 0 radical (unpaired) electrons. The lowest BCUT2D eigenvalue weighted by Gasteiger charge is -2.24. The number of hydrogen-bond donors (Lipinski definition) is 1. The van der Waals surface area contributed by atoms with Crippen molar-refractivity contribution in [2.24, 2.45) is 0 Å². The highest BCUT2D eigenvalue weighted by atomic mass is 19.4. The van der Waals surface area contributed by atoms with Crippen LogP contribution in [0.3, 0.4) is 0 Å². The summed E-state index contributed by atoms with van der Waals surface area (Å²) in [4.78, 5) is 18.8. The number of imidazole rings is 1. The summed E-state index contributed by atoms with van der Waals surface area (Å²) < 4.78 is 82.1. The van der Waals surface area contributed by atoms with Gasteiger partial charge in [0.2, 0.25) is 0 Å². The van der Waals surface area contributed by atoms with Crippen LogP contribution in [0.4, 0.5) is 26.3 Å². The summed E-state index contributed by atoms with van der Waals surface area (Å²) in [6, 6.07) is 12.6. The third kappa shape index (κ3) is 6.12. The van der Waals surface area contributed by atoms with Gasteiger partial charge in [-0.05, 0) is 17.7 Å². The number of aromatic amines is 1. The molecule has 0 saturated heterocycles. The number of fused-ring (bicyclic) bond motifs is 1. The van der Waals surface area contributed by atoms with E-state index in [1.165, 1.54) is 18.2 Å². The number of halogens is 6. The highest BCUT2D eigenvalue weighted by Gasteiger charge is 2.42. The van der Waals surface area contributed by atoms with Gasteiger partial charge in [0.1, 0.15) is 30.1 Å². The Morgan fingerprint density at radius 2 is 1.71 bits per heavy atom. The number of carbonyl (C=O) groups is 1. The largest absolute Gasteiger partial charge is 0.489 e. The van der Waals surface area contributed by atoms with Gasteiger partial charge < -0.3 is 14.6 Å². The molecule has 31 heavy (non-hydrogen) atoms. The molecule has 0 bridgehead atoms. The van der Waals surface area contributed by atoms with Gasteiger partial charge in [-0.15, -0.1) is 0 Å². The second kappa shape index (κ2) is 8.86. The van der Waals surface area contributed by atoms with Crippen molar-refractivity contribution in [3.8, 4) is 5.75 Å². The zero-order valence-corrected chi connectivity index (χ0v) is 15.9. The highest BCUT2D eigenvalue weighted by molar-refractivity contribution is 5.82. The van der Waals surface area contributed by atoms with E-state index in [0.717, 1.165) is 0 Å². The Labute approximate surface area is 172 Å². The van der Waals surface area contributed by atoms with Crippen LogP contribution >= 0.6 is 0 Å². The molecule has 0 aliphatic heterocycles. The van der Waals surface area contributed by atoms with Gasteiger partial charge in [-0.1, -0.05) is 36.4 Å². The molecule has 166 valence electrons. The molecule has 0 fully saturated rings. The monoisotopic (exact) mass is 445 g/mol. The van der Waals surface area contributed by atoms with Gasteiger partial charge in [0, 0.05) is 6.54 Å². The highest BCUT2D eigenvalue weighted by Crippen LogP contribution is 2.27. The average Bonchev–Trinajstić information content (AvgIpc) is 3.08. The average molecular weight is 445 g/mol. The minimum atomic E-state index is -5.05. The van der Waals surface area contributed by atoms with Crippen molar-refractivity contribution in [3.63, 3.8) is 0 Å². The summed E-state index contributed by atoms with van der Waals surface area (Å²) in [5.74, 6) is -2.22. The topological polar surface area (TPSA) is 58.2 Å². The molecule has 0 atom stereocenters. The fourth-order valence-corrected chi connectivity index (χ4v) is 2.95. The SMILES string of the molecule is O=C(N(CCOc1cccc2[nH]c(CC(F)(F)F)nc12)Cc1ccccc1)C(F)(F)F. The molecule has 5 nitrogen and oxygen atoms in total. The van der Waals surface area contributed by atoms with Crippen molar-refractivity contribution in [1.29, 1.82) is 0 Å². The second-order valence-corrected chi connectivity index (χ2v) is 6.69. The smallest absolute Gasteiger partial charge is 0.471 e. The molecule has 0 saturated carbocycles. The summed E-state index contributed by atoms with van der Waals surface area (Å²) in [5.41, 5.74) is 0.925. The van der Waals surface area contributed by atoms with E-state index in [2.05, 4.69) is 9.97 Å². The molecule has 0 spiro atoms. The summed E-state index contributed by atoms with van der Waals surface area (Å²) in [5, 5.41) is 0. The van der Waals surface area contributed by atoms with Crippen LogP contribution in [-0.2, 0) is 17.8 Å². The number of aromatic nitrogens is 2. The van der Waals surface area contributed by atoms with Crippen LogP contribution in [0.25, 0.3) is 11.0 Å². The number of ether oxygens (including phenoxy) is 1. The van der Waals surface area contributed by atoms with Gasteiger partial charge in [0.15, 0.2) is 0 Å². The molecule has 2 aromatic carbocycles. The first-order valence-corrected chi connectivity index (χ1v) is 9.10. The van der Waals surface area contributed by atoms with Crippen molar-refractivity contribution >= 4 is 16.9 Å². The molecule has 1 amide bonds. The minimum absolute atomic E-state index is 0.0984. The van der Waals surface area contributed by atoms with Crippen molar-refractivity contribution < 1.29 is 35.9 Å². The molecule has 1 aromatic heterocycles. The number of para-hydroxylation sites is 1. The van der Waals surface area contributed by atoms with Gasteiger partial charge in [0.25, 0.3) is 0 Å². The number of H-pyrrole nitrogens is 1. The fourth-order valence-electron chi connectivity index (χ4n) is 2.95. The number of nitrogens with one attached hydrogen (secondary N) is 1. The standard InChI is InChI=1S/C20H17F6N3O2/c21-19(22,23)11-16-27-14-7-4-8-15(17(14)28-16)31-10-9-29(18(30)20(24,25)26)12-13-5-2-1-3-6-13/h1-8H,9-12H2,(H,27,28). The molecular formula is C20H17F6N3O2. The predicted octanol–water partition coefficient (Wildman–Crippen LogP) is 4.64. The van der Waals surface area contributed by atoms with Crippen molar-refractivity contribution in [3.05, 3.63) is 59.9 Å². The lowest BCUT2D eigenvalue weighted by atomic mass is 10.2. The molecule has 3 rings (SSSR count). The maximum Gasteiger partial charge on any atom is 0.471 e. The van der Waals surface area contributed by atoms with Crippen LogP contribution in [-0.4, -0.2) is 46.3 Å². The zero-order valence-electron chi connectivity index (χ0n) is 15.9. The molecule has 1 heterocycles. The van der Waals surface area contributed by atoms with Crippen LogP contribution in [0.2, 0.25) is 0 Å². The van der Waals surface area contributed by atoms with Crippen molar-refractivity contribution in [2.45, 2.75) is 25.3 Å². The summed E-state index contributed by atoms with van der Waals surface area (Å²) in [7, 11) is 0. The maximum atomic E-state index is 13.0. The van der Waals surface area contributed by atoms with Gasteiger partial charge in [0.05, 0.1) is 12.1 Å². The molecule has 11 heteroatoms. The van der Waals surface area contributed by atoms with Crippen LogP contribution < -0.4 is 4.74 Å². The van der Waals surface area contributed by atoms with Gasteiger partial charge in [-0.2, -0.15) is 26.3 Å². The molecule has 0 aliphatic carbocycles. The Morgan fingerprint density at radius 1 is 1.00 bits per heavy atom. The maximum absolute atomic E-state index is 13.0. The second-order valence-electron chi connectivity index (χ2n) is 6.69. The lowest BCUT2D eigenvalue weighted by Crippen LogP contribution is -2.42. The number of nitrogens with zero attached hydrogens (tertiary/aromatic N) is 2. The number of benzene rings is 2. The van der Waals surface area contributed by atoms with Crippen LogP contribution in [0.1, 0.15) is 11.4 Å². The van der Waals surface area contributed by atoms with E-state index in [4.69, 9.17) is 4.74 Å². The van der Waals surface area contributed by atoms with E-state index < -0.39 is 24.7 Å². The van der Waals surface area contributed by atoms with E-state index in [0.29, 0.717) is 16.0 Å². The fraction of sp³-hybridized carbons (Fsp3) is 0.300. The third-order valence-electron chi connectivity index (χ3n) is 4.26. The van der Waals surface area contributed by atoms with E-state index in [-0.39, 0.29) is 36.8 Å². The number of alkyl halides is 6. The van der Waals surface area contributed by atoms with Gasteiger partial charge in [-0.25, -0.2) is 4.98 Å². The summed E-state index contributed by atoms with van der Waals surface area (Å²) >= 11 is 0. The quantitative estimate of drug-likeness (QED) is 0.540. The van der Waals surface area contributed by atoms with Gasteiger partial charge in [-0.3, -0.25) is 4.79 Å². The Kier molecular flexibility index (Phi) is 6.42. The minimum Gasteiger partial charge on any atom is -0.489 e.